The van der Waals surface area contributed by atoms with Gasteiger partial charge in [-0.1, -0.05) is 41.9 Å². The predicted molar refractivity (Wildman–Crippen MR) is 85.8 cm³/mol. The highest BCUT2D eigenvalue weighted by atomic mass is 16.5. The number of rotatable bonds is 4. The number of anilines is 1. The van der Waals surface area contributed by atoms with Gasteiger partial charge in [-0.2, -0.15) is 10.1 Å². The first kappa shape index (κ1) is 14.0. The van der Waals surface area contributed by atoms with Crippen LogP contribution in [0.1, 0.15) is 42.2 Å². The van der Waals surface area contributed by atoms with Crippen LogP contribution in [0.2, 0.25) is 0 Å². The van der Waals surface area contributed by atoms with Crippen molar-refractivity contribution in [3.63, 3.8) is 0 Å². The average molecular weight is 309 g/mol. The molecule has 0 spiro atoms. The molecule has 6 heteroatoms. The fourth-order valence-electron chi connectivity index (χ4n) is 3.26. The van der Waals surface area contributed by atoms with E-state index in [0.717, 1.165) is 24.4 Å². The highest BCUT2D eigenvalue weighted by Crippen LogP contribution is 2.47. The summed E-state index contributed by atoms with van der Waals surface area (Å²) in [6.07, 6.45) is 3.29. The quantitative estimate of drug-likeness (QED) is 0.801. The van der Waals surface area contributed by atoms with Gasteiger partial charge in [0, 0.05) is 6.07 Å². The smallest absolute Gasteiger partial charge is 0.248 e. The topological polar surface area (TPSA) is 82.8 Å². The van der Waals surface area contributed by atoms with E-state index in [1.165, 1.54) is 12.0 Å². The average Bonchev–Trinajstić information content (AvgIpc) is 3.07. The fourth-order valence-corrected chi connectivity index (χ4v) is 3.26. The molecule has 1 aromatic carbocycles. The van der Waals surface area contributed by atoms with Gasteiger partial charge in [-0.3, -0.25) is 0 Å². The predicted octanol–water partition coefficient (Wildman–Crippen LogP) is 2.68. The van der Waals surface area contributed by atoms with Crippen LogP contribution in [0.15, 0.2) is 40.9 Å². The third-order valence-electron chi connectivity index (χ3n) is 4.65. The highest BCUT2D eigenvalue weighted by molar-refractivity contribution is 5.35. The Kier molecular flexibility index (Phi) is 3.18. The maximum Gasteiger partial charge on any atom is 0.248 e. The number of nitrogens with zero attached hydrogens (tertiary/aromatic N) is 4. The van der Waals surface area contributed by atoms with E-state index < -0.39 is 0 Å². The van der Waals surface area contributed by atoms with Gasteiger partial charge in [-0.15, -0.1) is 0 Å². The summed E-state index contributed by atoms with van der Waals surface area (Å²) in [6.45, 7) is 2.31. The van der Waals surface area contributed by atoms with Crippen LogP contribution >= 0.6 is 0 Å². The molecule has 1 aliphatic rings. The number of aryl methyl sites for hydroxylation is 1. The molecule has 2 aromatic heterocycles. The fraction of sp³-hybridized carbons (Fsp3) is 0.353. The number of aromatic nitrogens is 4. The Morgan fingerprint density at radius 2 is 2.04 bits per heavy atom. The third-order valence-corrected chi connectivity index (χ3v) is 4.65. The van der Waals surface area contributed by atoms with Crippen LogP contribution in [-0.4, -0.2) is 19.9 Å². The number of hydrogen-bond donors (Lipinski definition) is 1. The van der Waals surface area contributed by atoms with E-state index in [4.69, 9.17) is 10.3 Å². The van der Waals surface area contributed by atoms with Crippen molar-refractivity contribution in [3.05, 3.63) is 59.4 Å². The Morgan fingerprint density at radius 3 is 2.65 bits per heavy atom. The van der Waals surface area contributed by atoms with Gasteiger partial charge in [0.1, 0.15) is 12.4 Å². The molecule has 0 unspecified atom stereocenters. The van der Waals surface area contributed by atoms with Crippen molar-refractivity contribution in [2.45, 2.75) is 38.1 Å². The van der Waals surface area contributed by atoms with Crippen molar-refractivity contribution < 1.29 is 4.52 Å². The van der Waals surface area contributed by atoms with Crippen molar-refractivity contribution in [2.75, 3.05) is 5.73 Å². The first-order valence-corrected chi connectivity index (χ1v) is 7.86. The number of nitrogens with two attached hydrogens (primary N) is 1. The SMILES string of the molecule is Cc1cc(N)n(Cc2nc(C3(c4ccccc4)CCC3)no2)n1. The second-order valence-electron chi connectivity index (χ2n) is 6.18. The Labute approximate surface area is 134 Å². The number of benzene rings is 1. The summed E-state index contributed by atoms with van der Waals surface area (Å²) in [5, 5.41) is 8.58. The zero-order valence-electron chi connectivity index (χ0n) is 13.1. The highest BCUT2D eigenvalue weighted by Gasteiger charge is 2.44. The van der Waals surface area contributed by atoms with E-state index >= 15 is 0 Å². The van der Waals surface area contributed by atoms with Gasteiger partial charge in [0.05, 0.1) is 11.1 Å². The van der Waals surface area contributed by atoms with E-state index in [-0.39, 0.29) is 5.41 Å². The van der Waals surface area contributed by atoms with Gasteiger partial charge >= 0.3 is 0 Å². The first-order valence-electron chi connectivity index (χ1n) is 7.86. The summed E-state index contributed by atoms with van der Waals surface area (Å²) in [4.78, 5) is 4.63. The zero-order chi connectivity index (χ0) is 15.9. The summed E-state index contributed by atoms with van der Waals surface area (Å²) in [6, 6.07) is 12.3. The van der Waals surface area contributed by atoms with E-state index in [9.17, 15) is 0 Å². The van der Waals surface area contributed by atoms with Gasteiger partial charge in [0.25, 0.3) is 0 Å². The van der Waals surface area contributed by atoms with Crippen LogP contribution in [0, 0.1) is 6.92 Å². The molecule has 4 rings (SSSR count). The van der Waals surface area contributed by atoms with Crippen LogP contribution in [0.3, 0.4) is 0 Å². The second-order valence-corrected chi connectivity index (χ2v) is 6.18. The molecule has 1 aliphatic carbocycles. The van der Waals surface area contributed by atoms with Gasteiger partial charge in [-0.25, -0.2) is 4.68 Å². The van der Waals surface area contributed by atoms with Crippen LogP contribution in [0.4, 0.5) is 5.82 Å². The van der Waals surface area contributed by atoms with Crippen molar-refractivity contribution in [1.82, 2.24) is 19.9 Å². The molecule has 2 heterocycles. The number of hydrogen-bond acceptors (Lipinski definition) is 5. The van der Waals surface area contributed by atoms with Crippen LogP contribution in [0.25, 0.3) is 0 Å². The third kappa shape index (κ3) is 2.30. The molecular formula is C17H19N5O. The summed E-state index contributed by atoms with van der Waals surface area (Å²) < 4.78 is 7.14. The lowest BCUT2D eigenvalue weighted by atomic mass is 9.64. The lowest BCUT2D eigenvalue weighted by Crippen LogP contribution is -2.36. The van der Waals surface area contributed by atoms with E-state index in [2.05, 4.69) is 39.5 Å². The molecule has 0 saturated heterocycles. The van der Waals surface area contributed by atoms with Gasteiger partial charge in [0.2, 0.25) is 5.89 Å². The Bertz CT molecular complexity index is 817. The van der Waals surface area contributed by atoms with Gasteiger partial charge in [-0.05, 0) is 25.3 Å². The van der Waals surface area contributed by atoms with E-state index in [0.29, 0.717) is 18.3 Å². The molecule has 1 fully saturated rings. The van der Waals surface area contributed by atoms with Crippen molar-refractivity contribution in [2.24, 2.45) is 0 Å². The minimum atomic E-state index is -0.103. The minimum absolute atomic E-state index is 0.103. The molecule has 118 valence electrons. The van der Waals surface area contributed by atoms with Crippen molar-refractivity contribution in [1.29, 1.82) is 0 Å². The molecule has 0 amide bonds. The maximum absolute atomic E-state index is 5.92. The Morgan fingerprint density at radius 1 is 1.26 bits per heavy atom. The van der Waals surface area contributed by atoms with Crippen molar-refractivity contribution >= 4 is 5.82 Å². The summed E-state index contributed by atoms with van der Waals surface area (Å²) >= 11 is 0. The molecule has 0 radical (unpaired) electrons. The molecule has 6 nitrogen and oxygen atoms in total. The molecule has 1 saturated carbocycles. The summed E-state index contributed by atoms with van der Waals surface area (Å²) in [7, 11) is 0. The maximum atomic E-state index is 5.92. The van der Waals surface area contributed by atoms with Crippen molar-refractivity contribution in [3.8, 4) is 0 Å². The molecule has 0 bridgehead atoms. The molecule has 3 aromatic rings. The molecule has 2 N–H and O–H groups in total. The van der Waals surface area contributed by atoms with E-state index in [1.807, 2.05) is 19.1 Å². The first-order chi connectivity index (χ1) is 11.2. The minimum Gasteiger partial charge on any atom is -0.384 e. The molecule has 23 heavy (non-hydrogen) atoms. The summed E-state index contributed by atoms with van der Waals surface area (Å²) in [5.74, 6) is 1.91. The van der Waals surface area contributed by atoms with Gasteiger partial charge < -0.3 is 10.3 Å². The van der Waals surface area contributed by atoms with Crippen LogP contribution in [0.5, 0.6) is 0 Å². The lowest BCUT2D eigenvalue weighted by molar-refractivity contribution is 0.270. The van der Waals surface area contributed by atoms with E-state index in [1.54, 1.807) is 4.68 Å². The largest absolute Gasteiger partial charge is 0.384 e. The Hall–Kier alpha value is -2.63. The standard InChI is InChI=1S/C17H19N5O/c1-12-10-14(18)22(20-12)11-15-19-16(21-23-15)17(8-5-9-17)13-6-3-2-4-7-13/h2-4,6-7,10H,5,8-9,11,18H2,1H3. The number of nitrogen functional groups attached to an aromatic ring is 1. The second kappa shape index (κ2) is 5.22. The van der Waals surface area contributed by atoms with Crippen LogP contribution in [-0.2, 0) is 12.0 Å². The summed E-state index contributed by atoms with van der Waals surface area (Å²) in [5.41, 5.74) is 7.95. The lowest BCUT2D eigenvalue weighted by Gasteiger charge is -2.39. The molecular weight excluding hydrogens is 290 g/mol. The zero-order valence-corrected chi connectivity index (χ0v) is 13.1. The van der Waals surface area contributed by atoms with Gasteiger partial charge in [0.15, 0.2) is 5.82 Å². The monoisotopic (exact) mass is 309 g/mol. The normalized spacial score (nSPS) is 16.2. The van der Waals surface area contributed by atoms with Crippen LogP contribution < -0.4 is 5.73 Å². The Balaban J connectivity index is 1.63. The molecule has 0 atom stereocenters. The molecule has 0 aliphatic heterocycles.